The predicted molar refractivity (Wildman–Crippen MR) is 99.8 cm³/mol. The maximum Gasteiger partial charge on any atom is 0.471 e. The van der Waals surface area contributed by atoms with Crippen LogP contribution in [0.2, 0.25) is 5.02 Å². The van der Waals surface area contributed by atoms with E-state index in [2.05, 4.69) is 5.32 Å². The fraction of sp³-hybridized carbons (Fsp3) is 0.350. The quantitative estimate of drug-likeness (QED) is 0.712. The Bertz CT molecular complexity index is 919. The number of alkyl halides is 3. The Morgan fingerprint density at radius 2 is 1.96 bits per heavy atom. The van der Waals surface area contributed by atoms with E-state index >= 15 is 0 Å². The highest BCUT2D eigenvalue weighted by molar-refractivity contribution is 6.31. The van der Waals surface area contributed by atoms with E-state index in [9.17, 15) is 18.0 Å². The van der Waals surface area contributed by atoms with Gasteiger partial charge in [0.2, 0.25) is 0 Å². The number of fused-ring (bicyclic) bond motifs is 5. The first kappa shape index (κ1) is 18.9. The highest BCUT2D eigenvalue weighted by atomic mass is 35.5. The van der Waals surface area contributed by atoms with E-state index in [1.165, 1.54) is 0 Å². The van der Waals surface area contributed by atoms with Crippen LogP contribution in [0.25, 0.3) is 0 Å². The molecule has 28 heavy (non-hydrogen) atoms. The molecule has 1 fully saturated rings. The first-order valence-corrected chi connectivity index (χ1v) is 9.34. The van der Waals surface area contributed by atoms with Crippen LogP contribution in [0.15, 0.2) is 42.5 Å². The number of carbonyl (C=O) groups excluding carboxylic acids is 1. The molecule has 0 aliphatic carbocycles. The molecular formula is C20H18ClF3N2O2. The minimum absolute atomic E-state index is 0.152. The number of anilines is 1. The van der Waals surface area contributed by atoms with Gasteiger partial charge in [-0.1, -0.05) is 36.7 Å². The molecule has 2 aromatic rings. The summed E-state index contributed by atoms with van der Waals surface area (Å²) in [5, 5.41) is 2.73. The van der Waals surface area contributed by atoms with Gasteiger partial charge in [0.05, 0.1) is 17.8 Å². The molecule has 4 nitrogen and oxygen atoms in total. The first-order chi connectivity index (χ1) is 13.3. The number of ether oxygens (including phenoxy) is 1. The normalized spacial score (nSPS) is 23.6. The zero-order valence-corrected chi connectivity index (χ0v) is 15.7. The number of benzene rings is 2. The molecule has 3 atom stereocenters. The largest absolute Gasteiger partial charge is 0.471 e. The molecule has 0 radical (unpaired) electrons. The second kappa shape index (κ2) is 6.88. The molecule has 1 N–H and O–H groups in total. The molecule has 0 unspecified atom stereocenters. The summed E-state index contributed by atoms with van der Waals surface area (Å²) < 4.78 is 44.9. The van der Waals surface area contributed by atoms with Crippen LogP contribution < -0.4 is 15.0 Å². The molecule has 2 heterocycles. The van der Waals surface area contributed by atoms with E-state index in [0.29, 0.717) is 35.2 Å². The SMILES string of the molecule is C[C@@H]1CCN2c3cc(Cl)ccc3Oc3ccccc3[C@@H]2[C@@H]1NC(=O)C(F)(F)F. The summed E-state index contributed by atoms with van der Waals surface area (Å²) in [5.74, 6) is -0.949. The van der Waals surface area contributed by atoms with Gasteiger partial charge in [-0.2, -0.15) is 13.2 Å². The molecule has 2 aromatic carbocycles. The van der Waals surface area contributed by atoms with Crippen LogP contribution in [-0.2, 0) is 4.79 Å². The molecule has 0 bridgehead atoms. The molecule has 1 amide bonds. The lowest BCUT2D eigenvalue weighted by atomic mass is 9.82. The standard InChI is InChI=1S/C20H18ClF3N2O2/c1-11-8-9-26-14-10-12(21)6-7-16(14)28-15-5-3-2-4-13(15)18(26)17(11)25-19(27)20(22,23)24/h2-7,10-11,17-18H,8-9H2,1H3,(H,25,27)/t11-,17-,18-/m1/s1. The lowest BCUT2D eigenvalue weighted by Crippen LogP contribution is -2.56. The number of carbonyl (C=O) groups is 1. The summed E-state index contributed by atoms with van der Waals surface area (Å²) in [4.78, 5) is 13.7. The summed E-state index contributed by atoms with van der Waals surface area (Å²) in [7, 11) is 0. The Kier molecular flexibility index (Phi) is 4.65. The van der Waals surface area contributed by atoms with Crippen LogP contribution >= 0.6 is 11.6 Å². The van der Waals surface area contributed by atoms with Gasteiger partial charge in [-0.05, 0) is 36.6 Å². The van der Waals surface area contributed by atoms with Gasteiger partial charge < -0.3 is 15.0 Å². The monoisotopic (exact) mass is 410 g/mol. The van der Waals surface area contributed by atoms with Gasteiger partial charge in [-0.25, -0.2) is 0 Å². The molecule has 0 saturated carbocycles. The molecular weight excluding hydrogens is 393 g/mol. The molecule has 2 aliphatic rings. The Morgan fingerprint density at radius 3 is 2.71 bits per heavy atom. The van der Waals surface area contributed by atoms with Crippen molar-refractivity contribution in [1.29, 1.82) is 0 Å². The number of nitrogens with zero attached hydrogens (tertiary/aromatic N) is 1. The van der Waals surface area contributed by atoms with E-state index in [-0.39, 0.29) is 5.92 Å². The maximum atomic E-state index is 13.0. The minimum Gasteiger partial charge on any atom is -0.455 e. The third-order valence-corrected chi connectivity index (χ3v) is 5.59. The summed E-state index contributed by atoms with van der Waals surface area (Å²) in [6, 6.07) is 11.2. The Hall–Kier alpha value is -2.41. The van der Waals surface area contributed by atoms with Crippen LogP contribution in [0.5, 0.6) is 11.5 Å². The van der Waals surface area contributed by atoms with Crippen LogP contribution in [0.1, 0.15) is 24.9 Å². The smallest absolute Gasteiger partial charge is 0.455 e. The van der Waals surface area contributed by atoms with Crippen LogP contribution in [0, 0.1) is 5.92 Å². The summed E-state index contributed by atoms with van der Waals surface area (Å²) in [6.45, 7) is 2.46. The van der Waals surface area contributed by atoms with E-state index in [0.717, 1.165) is 5.56 Å². The molecule has 0 spiro atoms. The van der Waals surface area contributed by atoms with Crippen molar-refractivity contribution in [1.82, 2.24) is 5.32 Å². The molecule has 148 valence electrons. The zero-order chi connectivity index (χ0) is 20.1. The highest BCUT2D eigenvalue weighted by Crippen LogP contribution is 2.49. The van der Waals surface area contributed by atoms with E-state index in [1.807, 2.05) is 24.0 Å². The Balaban J connectivity index is 1.84. The number of amides is 1. The average Bonchev–Trinajstić information content (AvgIpc) is 2.77. The highest BCUT2D eigenvalue weighted by Gasteiger charge is 2.46. The Labute approximate surface area is 165 Å². The number of halogens is 4. The van der Waals surface area contributed by atoms with Crippen molar-refractivity contribution in [3.05, 3.63) is 53.1 Å². The van der Waals surface area contributed by atoms with Crippen molar-refractivity contribution in [2.45, 2.75) is 31.6 Å². The summed E-state index contributed by atoms with van der Waals surface area (Å²) in [6.07, 6.45) is -4.32. The lowest BCUT2D eigenvalue weighted by Gasteiger charge is -2.45. The van der Waals surface area contributed by atoms with Gasteiger partial charge in [0.15, 0.2) is 5.75 Å². The molecule has 8 heteroatoms. The van der Waals surface area contributed by atoms with Crippen LogP contribution in [0.4, 0.5) is 18.9 Å². The third-order valence-electron chi connectivity index (χ3n) is 5.36. The second-order valence-corrected chi connectivity index (χ2v) is 7.59. The molecule has 4 rings (SSSR count). The fourth-order valence-corrected chi connectivity index (χ4v) is 4.16. The van der Waals surface area contributed by atoms with Gasteiger partial charge in [-0.3, -0.25) is 4.79 Å². The van der Waals surface area contributed by atoms with Gasteiger partial charge >= 0.3 is 12.1 Å². The second-order valence-electron chi connectivity index (χ2n) is 7.15. The Morgan fingerprint density at radius 1 is 1.21 bits per heavy atom. The minimum atomic E-state index is -4.94. The van der Waals surface area contributed by atoms with Crippen LogP contribution in [0.3, 0.4) is 0 Å². The van der Waals surface area contributed by atoms with E-state index < -0.39 is 24.2 Å². The van der Waals surface area contributed by atoms with Gasteiger partial charge in [0.1, 0.15) is 5.75 Å². The number of hydrogen-bond donors (Lipinski definition) is 1. The van der Waals surface area contributed by atoms with Crippen LogP contribution in [-0.4, -0.2) is 24.7 Å². The summed E-state index contributed by atoms with van der Waals surface area (Å²) >= 11 is 6.18. The molecule has 0 aromatic heterocycles. The first-order valence-electron chi connectivity index (χ1n) is 8.96. The van der Waals surface area contributed by atoms with Crippen molar-refractivity contribution in [3.63, 3.8) is 0 Å². The number of hydrogen-bond acceptors (Lipinski definition) is 3. The van der Waals surface area contributed by atoms with Gasteiger partial charge in [0.25, 0.3) is 0 Å². The maximum absolute atomic E-state index is 13.0. The lowest BCUT2D eigenvalue weighted by molar-refractivity contribution is -0.175. The van der Waals surface area contributed by atoms with Gasteiger partial charge in [0, 0.05) is 17.1 Å². The zero-order valence-electron chi connectivity index (χ0n) is 15.0. The molecule has 2 aliphatic heterocycles. The van der Waals surface area contributed by atoms with Crippen molar-refractivity contribution in [2.24, 2.45) is 5.92 Å². The average molecular weight is 411 g/mol. The number of para-hydroxylation sites is 1. The van der Waals surface area contributed by atoms with Crippen molar-refractivity contribution in [2.75, 3.05) is 11.4 Å². The van der Waals surface area contributed by atoms with Crippen molar-refractivity contribution >= 4 is 23.2 Å². The van der Waals surface area contributed by atoms with Gasteiger partial charge in [-0.15, -0.1) is 0 Å². The van der Waals surface area contributed by atoms with E-state index in [4.69, 9.17) is 16.3 Å². The van der Waals surface area contributed by atoms with Crippen molar-refractivity contribution in [3.8, 4) is 11.5 Å². The third kappa shape index (κ3) is 3.28. The number of nitrogens with one attached hydrogen (secondary N) is 1. The molecule has 1 saturated heterocycles. The number of rotatable bonds is 1. The fourth-order valence-electron chi connectivity index (χ4n) is 3.99. The number of piperidine rings is 1. The summed E-state index contributed by atoms with van der Waals surface area (Å²) in [5.41, 5.74) is 1.43. The van der Waals surface area contributed by atoms with E-state index in [1.54, 1.807) is 30.3 Å². The topological polar surface area (TPSA) is 41.6 Å². The van der Waals surface area contributed by atoms with Crippen molar-refractivity contribution < 1.29 is 22.7 Å². The predicted octanol–water partition coefficient (Wildman–Crippen LogP) is 5.08.